The highest BCUT2D eigenvalue weighted by Crippen LogP contribution is 2.54. The molecule has 2 aliphatic rings. The van der Waals surface area contributed by atoms with E-state index in [0.29, 0.717) is 79.8 Å². The molecule has 390 valence electrons. The number of fused-ring (bicyclic) bond motifs is 6. The van der Waals surface area contributed by atoms with Crippen molar-refractivity contribution in [2.24, 2.45) is 0 Å². The molecular formula is C49H58N2O17S4. The van der Waals surface area contributed by atoms with E-state index in [4.69, 9.17) is 14.2 Å². The highest BCUT2D eigenvalue weighted by atomic mass is 32.2. The van der Waals surface area contributed by atoms with Crippen LogP contribution in [0.1, 0.15) is 70.9 Å². The second-order valence-electron chi connectivity index (χ2n) is 17.9. The van der Waals surface area contributed by atoms with Gasteiger partial charge in [-0.05, 0) is 111 Å². The Morgan fingerprint density at radius 1 is 0.694 bits per heavy atom. The molecule has 0 amide bonds. The van der Waals surface area contributed by atoms with Crippen molar-refractivity contribution in [3.63, 3.8) is 0 Å². The molecule has 72 heavy (non-hydrogen) atoms. The standard InChI is InChI=1S/C49H58N2O17S4/c1-6-50-39-20-18-35-37(29-33(69(54,55)56)31-41(35)71(60,61)62)46(39)48(2,3)43(50)15-11-8-7-9-12-16-44-49(4,22-24-67-27-28-68-26-25-66-5)47-38-30-34(70(57,58)59)32-42(72(63,64)65)36(38)19-21-40(47)51(44)23-14-10-13-17-45(52)53/h7-9,11-12,15-16,18-21,29-32H,6,10,13-14,17,22-28H2,1-5H3,(H4-,52,53,54,55,56,57,58,59,60,61,62,63,64,65). The average Bonchev–Trinajstić information content (AvgIpc) is 3.66. The predicted octanol–water partition coefficient (Wildman–Crippen LogP) is 7.08. The number of hydrogen-bond acceptors (Lipinski definition) is 14. The molecule has 0 aliphatic carbocycles. The first kappa shape index (κ1) is 56.1. The van der Waals surface area contributed by atoms with Gasteiger partial charge in [0.05, 0.1) is 46.5 Å². The van der Waals surface area contributed by atoms with Crippen LogP contribution < -0.4 is 4.90 Å². The van der Waals surface area contributed by atoms with Crippen LogP contribution in [0.5, 0.6) is 0 Å². The first-order valence-electron chi connectivity index (χ1n) is 22.8. The molecule has 2 aliphatic heterocycles. The number of anilines is 1. The Morgan fingerprint density at radius 3 is 1.86 bits per heavy atom. The van der Waals surface area contributed by atoms with Crippen LogP contribution in [0.4, 0.5) is 11.4 Å². The average molecular weight is 1080 g/mol. The number of rotatable bonds is 24. The summed E-state index contributed by atoms with van der Waals surface area (Å²) in [5.41, 5.74) is 1.84. The molecule has 0 aromatic heterocycles. The van der Waals surface area contributed by atoms with E-state index < -0.39 is 76.9 Å². The zero-order valence-electron chi connectivity index (χ0n) is 40.3. The number of ether oxygens (including phenoxy) is 3. The van der Waals surface area contributed by atoms with Crippen molar-refractivity contribution < 1.29 is 80.6 Å². The van der Waals surface area contributed by atoms with Crippen molar-refractivity contribution in [2.45, 2.75) is 90.2 Å². The number of unbranched alkanes of at least 4 members (excludes halogenated alkanes) is 2. The van der Waals surface area contributed by atoms with E-state index in [9.17, 15) is 61.8 Å². The van der Waals surface area contributed by atoms with Gasteiger partial charge in [0.2, 0.25) is 5.69 Å². The minimum Gasteiger partial charge on any atom is -0.744 e. The molecule has 0 saturated heterocycles. The molecule has 4 aromatic carbocycles. The zero-order chi connectivity index (χ0) is 53.0. The fraction of sp³-hybridized carbons (Fsp3) is 0.388. The fourth-order valence-electron chi connectivity index (χ4n) is 9.64. The van der Waals surface area contributed by atoms with E-state index in [1.165, 1.54) is 18.2 Å². The Balaban J connectivity index is 1.40. The summed E-state index contributed by atoms with van der Waals surface area (Å²) in [7, 11) is -18.5. The van der Waals surface area contributed by atoms with Crippen molar-refractivity contribution in [2.75, 3.05) is 58.1 Å². The van der Waals surface area contributed by atoms with E-state index in [1.54, 1.807) is 49.6 Å². The monoisotopic (exact) mass is 1070 g/mol. The lowest BCUT2D eigenvalue weighted by Gasteiger charge is -2.31. The number of aliphatic carboxylic acids is 1. The lowest BCUT2D eigenvalue weighted by atomic mass is 9.76. The van der Waals surface area contributed by atoms with E-state index >= 15 is 0 Å². The number of nitrogens with zero attached hydrogens (tertiary/aromatic N) is 2. The highest BCUT2D eigenvalue weighted by Gasteiger charge is 2.47. The molecule has 0 saturated carbocycles. The fourth-order valence-corrected chi connectivity index (χ4v) is 12.3. The van der Waals surface area contributed by atoms with Crippen LogP contribution in [0.2, 0.25) is 0 Å². The van der Waals surface area contributed by atoms with Crippen LogP contribution in [0.3, 0.4) is 0 Å². The van der Waals surface area contributed by atoms with Gasteiger partial charge in [-0.25, -0.2) is 8.42 Å². The predicted molar refractivity (Wildman–Crippen MR) is 268 cm³/mol. The van der Waals surface area contributed by atoms with Crippen molar-refractivity contribution in [3.8, 4) is 0 Å². The number of hydrogen-bond donors (Lipinski definition) is 4. The Morgan fingerprint density at radius 2 is 1.26 bits per heavy atom. The molecule has 0 spiro atoms. The van der Waals surface area contributed by atoms with Gasteiger partial charge in [0.25, 0.3) is 30.4 Å². The van der Waals surface area contributed by atoms with E-state index in [1.807, 2.05) is 49.3 Å². The van der Waals surface area contributed by atoms with Gasteiger partial charge >= 0.3 is 5.97 Å². The highest BCUT2D eigenvalue weighted by molar-refractivity contribution is 7.87. The summed E-state index contributed by atoms with van der Waals surface area (Å²) in [6.07, 6.45) is 14.3. The van der Waals surface area contributed by atoms with Crippen molar-refractivity contribution in [1.82, 2.24) is 0 Å². The zero-order valence-corrected chi connectivity index (χ0v) is 43.5. The molecule has 19 nitrogen and oxygen atoms in total. The Bertz CT molecular complexity index is 3400. The third kappa shape index (κ3) is 12.1. The van der Waals surface area contributed by atoms with Gasteiger partial charge in [-0.15, -0.1) is 0 Å². The van der Waals surface area contributed by atoms with Crippen LogP contribution in [0.25, 0.3) is 21.5 Å². The summed E-state index contributed by atoms with van der Waals surface area (Å²) in [6, 6.07) is 9.94. The van der Waals surface area contributed by atoms with Crippen LogP contribution in [-0.4, -0.2) is 126 Å². The molecule has 1 unspecified atom stereocenters. The summed E-state index contributed by atoms with van der Waals surface area (Å²) in [5, 5.41) is 9.62. The van der Waals surface area contributed by atoms with Crippen molar-refractivity contribution >= 4 is 85.1 Å². The molecule has 4 N–H and O–H groups in total. The molecule has 23 heteroatoms. The van der Waals surface area contributed by atoms with Gasteiger partial charge < -0.3 is 28.8 Å². The van der Waals surface area contributed by atoms with Gasteiger partial charge in [-0.2, -0.15) is 29.8 Å². The maximum atomic E-state index is 12.7. The Hall–Kier alpha value is -5.18. The minimum atomic E-state index is -5.27. The van der Waals surface area contributed by atoms with Gasteiger partial charge in [-0.1, -0.05) is 42.9 Å². The number of carbonyl (C=O) groups is 1. The first-order chi connectivity index (χ1) is 33.7. The van der Waals surface area contributed by atoms with Crippen molar-refractivity contribution in [3.05, 3.63) is 108 Å². The maximum Gasteiger partial charge on any atom is 0.303 e. The molecule has 0 radical (unpaired) electrons. The van der Waals surface area contributed by atoms with Gasteiger partial charge in [-0.3, -0.25) is 18.5 Å². The molecule has 2 heterocycles. The smallest absolute Gasteiger partial charge is 0.303 e. The van der Waals surface area contributed by atoms with Gasteiger partial charge in [0.15, 0.2) is 5.71 Å². The maximum absolute atomic E-state index is 12.7. The SMILES string of the molecule is CC[N+]1=C(/C=C/C=C/C=C/C=C2/N(CCCCCC(=O)O)c3ccc4c(S(=O)(=O)[O-])cc(S(=O)(=O)O)cc4c3C2(C)CCOCCOCCOC)C(C)(C)c2c1ccc1c(S(=O)(=O)O)cc(S(=O)(=O)O)cc21. The topological polar surface area (TPSA) is 292 Å². The number of methoxy groups -OCH3 is 1. The first-order valence-corrected chi connectivity index (χ1v) is 28.5. The Labute approximate surface area is 419 Å². The van der Waals surface area contributed by atoms with Gasteiger partial charge in [0, 0.05) is 66.6 Å². The van der Waals surface area contributed by atoms with Crippen molar-refractivity contribution in [1.29, 1.82) is 0 Å². The van der Waals surface area contributed by atoms with Crippen LogP contribution in [-0.2, 0) is 70.3 Å². The van der Waals surface area contributed by atoms with Crippen LogP contribution in [0.15, 0.2) is 116 Å². The van der Waals surface area contributed by atoms with Crippen LogP contribution in [0, 0.1) is 0 Å². The number of allylic oxidation sites excluding steroid dienone is 8. The molecule has 4 aromatic rings. The molecular weight excluding hydrogens is 1020 g/mol. The lowest BCUT2D eigenvalue weighted by molar-refractivity contribution is -0.433. The molecule has 1 atom stereocenters. The van der Waals surface area contributed by atoms with E-state index in [2.05, 4.69) is 0 Å². The normalized spacial score (nSPS) is 18.0. The van der Waals surface area contributed by atoms with E-state index in [-0.39, 0.29) is 54.2 Å². The number of benzene rings is 4. The lowest BCUT2D eigenvalue weighted by Crippen LogP contribution is -2.30. The summed E-state index contributed by atoms with van der Waals surface area (Å²) in [6.45, 7) is 9.77. The molecule has 0 fully saturated rings. The largest absolute Gasteiger partial charge is 0.744 e. The van der Waals surface area contributed by atoms with Gasteiger partial charge in [0.1, 0.15) is 21.6 Å². The van der Waals surface area contributed by atoms with Crippen LogP contribution >= 0.6 is 0 Å². The Kier molecular flexibility index (Phi) is 17.2. The second-order valence-corrected chi connectivity index (χ2v) is 23.5. The summed E-state index contributed by atoms with van der Waals surface area (Å²) < 4.78 is 161. The summed E-state index contributed by atoms with van der Waals surface area (Å²) in [5.74, 6) is -0.933. The quantitative estimate of drug-likeness (QED) is 0.0236. The molecule has 6 rings (SSSR count). The number of carboxylic acid groups (broad SMARTS) is 1. The summed E-state index contributed by atoms with van der Waals surface area (Å²) >= 11 is 0. The van der Waals surface area contributed by atoms with E-state index in [0.717, 1.165) is 17.8 Å². The summed E-state index contributed by atoms with van der Waals surface area (Å²) in [4.78, 5) is 10.3. The third-order valence-corrected chi connectivity index (χ3v) is 16.3. The molecule has 0 bridgehead atoms. The number of carboxylic acids is 1. The minimum absolute atomic E-state index is 0.0324. The third-order valence-electron chi connectivity index (χ3n) is 12.9. The second kappa shape index (κ2) is 22.1.